The summed E-state index contributed by atoms with van der Waals surface area (Å²) in [7, 11) is -3.93. The molecule has 0 bridgehead atoms. The van der Waals surface area contributed by atoms with E-state index in [9.17, 15) is 23.3 Å². The topological polar surface area (TPSA) is 122 Å². The van der Waals surface area contributed by atoms with Gasteiger partial charge < -0.3 is 10.2 Å². The van der Waals surface area contributed by atoms with Crippen LogP contribution in [-0.2, 0) is 10.0 Å². The number of non-ortho nitro benzene ring substituents is 1. The Morgan fingerprint density at radius 3 is 2.36 bits per heavy atom. The fourth-order valence-corrected chi connectivity index (χ4v) is 4.00. The van der Waals surface area contributed by atoms with Gasteiger partial charge >= 0.3 is 6.03 Å². The number of sulfonamides is 1. The summed E-state index contributed by atoms with van der Waals surface area (Å²) in [6.07, 6.45) is 1.96. The van der Waals surface area contributed by atoms with E-state index in [4.69, 9.17) is 0 Å². The van der Waals surface area contributed by atoms with Gasteiger partial charge in [-0.15, -0.1) is 0 Å². The van der Waals surface area contributed by atoms with Crippen molar-refractivity contribution >= 4 is 33.1 Å². The lowest BCUT2D eigenvalue weighted by Gasteiger charge is -2.16. The molecule has 28 heavy (non-hydrogen) atoms. The van der Waals surface area contributed by atoms with Gasteiger partial charge in [0.2, 0.25) is 0 Å². The van der Waals surface area contributed by atoms with Crippen LogP contribution >= 0.6 is 0 Å². The molecule has 0 aromatic heterocycles. The summed E-state index contributed by atoms with van der Waals surface area (Å²) in [5.74, 6) is 0. The number of rotatable bonds is 5. The van der Waals surface area contributed by atoms with Crippen LogP contribution in [0.2, 0.25) is 0 Å². The van der Waals surface area contributed by atoms with E-state index < -0.39 is 14.9 Å². The Kier molecular flexibility index (Phi) is 5.50. The average molecular weight is 404 g/mol. The Labute approximate surface area is 162 Å². The zero-order valence-electron chi connectivity index (χ0n) is 15.2. The SMILES string of the molecule is Cc1ccc([N+](=O)[O-])cc1NS(=O)(=O)c1ccc(NC(=O)N2CCCC2)cc1. The molecule has 0 saturated carbocycles. The number of nitro benzene ring substituents is 1. The lowest BCUT2D eigenvalue weighted by atomic mass is 10.2. The first-order valence-electron chi connectivity index (χ1n) is 8.70. The van der Waals surface area contributed by atoms with E-state index in [0.29, 0.717) is 24.3 Å². The maximum Gasteiger partial charge on any atom is 0.321 e. The van der Waals surface area contributed by atoms with Crippen molar-refractivity contribution in [2.24, 2.45) is 0 Å². The number of nitro groups is 1. The van der Waals surface area contributed by atoms with Crippen molar-refractivity contribution < 1.29 is 18.1 Å². The van der Waals surface area contributed by atoms with Crippen LogP contribution in [0.4, 0.5) is 21.9 Å². The van der Waals surface area contributed by atoms with E-state index in [-0.39, 0.29) is 22.3 Å². The molecule has 0 unspecified atom stereocenters. The molecule has 1 saturated heterocycles. The molecule has 1 aliphatic rings. The third kappa shape index (κ3) is 4.39. The zero-order chi connectivity index (χ0) is 20.3. The number of nitrogens with one attached hydrogen (secondary N) is 2. The van der Waals surface area contributed by atoms with Gasteiger partial charge in [0.25, 0.3) is 15.7 Å². The molecule has 1 aliphatic heterocycles. The minimum atomic E-state index is -3.93. The van der Waals surface area contributed by atoms with Crippen molar-refractivity contribution in [2.75, 3.05) is 23.1 Å². The number of aryl methyl sites for hydroxylation is 1. The first kappa shape index (κ1) is 19.6. The van der Waals surface area contributed by atoms with Gasteiger partial charge in [-0.3, -0.25) is 14.8 Å². The predicted octanol–water partition coefficient (Wildman–Crippen LogP) is 3.33. The number of urea groups is 1. The maximum absolute atomic E-state index is 12.6. The van der Waals surface area contributed by atoms with Crippen LogP contribution in [0.1, 0.15) is 18.4 Å². The van der Waals surface area contributed by atoms with E-state index in [1.807, 2.05) is 0 Å². The average Bonchev–Trinajstić information content (AvgIpc) is 3.18. The molecule has 1 heterocycles. The number of carbonyl (C=O) groups is 1. The van der Waals surface area contributed by atoms with Gasteiger partial charge in [0, 0.05) is 30.9 Å². The number of amides is 2. The molecule has 1 fully saturated rings. The zero-order valence-corrected chi connectivity index (χ0v) is 16.0. The summed E-state index contributed by atoms with van der Waals surface area (Å²) in [5.41, 5.74) is 0.981. The maximum atomic E-state index is 12.6. The molecule has 2 N–H and O–H groups in total. The van der Waals surface area contributed by atoms with Gasteiger partial charge in [0.15, 0.2) is 0 Å². The molecule has 2 aromatic rings. The Balaban J connectivity index is 1.74. The van der Waals surface area contributed by atoms with E-state index in [2.05, 4.69) is 10.0 Å². The molecule has 0 aliphatic carbocycles. The number of anilines is 2. The highest BCUT2D eigenvalue weighted by molar-refractivity contribution is 7.92. The fourth-order valence-electron chi connectivity index (χ4n) is 2.88. The van der Waals surface area contributed by atoms with Crippen LogP contribution in [0.15, 0.2) is 47.4 Å². The Bertz CT molecular complexity index is 999. The van der Waals surface area contributed by atoms with Crippen molar-refractivity contribution in [1.82, 2.24) is 4.90 Å². The Morgan fingerprint density at radius 2 is 1.75 bits per heavy atom. The highest BCUT2D eigenvalue weighted by Crippen LogP contribution is 2.25. The Hall–Kier alpha value is -3.14. The molecule has 2 aromatic carbocycles. The molecule has 3 rings (SSSR count). The fraction of sp³-hybridized carbons (Fsp3) is 0.278. The van der Waals surface area contributed by atoms with Crippen LogP contribution in [0.25, 0.3) is 0 Å². The van der Waals surface area contributed by atoms with Crippen LogP contribution in [0.3, 0.4) is 0 Å². The molecule has 9 nitrogen and oxygen atoms in total. The lowest BCUT2D eigenvalue weighted by Crippen LogP contribution is -2.32. The molecule has 10 heteroatoms. The second kappa shape index (κ2) is 7.85. The number of likely N-dealkylation sites (tertiary alicyclic amines) is 1. The van der Waals surface area contributed by atoms with Crippen molar-refractivity contribution in [2.45, 2.75) is 24.7 Å². The van der Waals surface area contributed by atoms with Gasteiger partial charge in [0.1, 0.15) is 0 Å². The van der Waals surface area contributed by atoms with Crippen LogP contribution < -0.4 is 10.0 Å². The molecule has 148 valence electrons. The summed E-state index contributed by atoms with van der Waals surface area (Å²) in [4.78, 5) is 24.1. The smallest absolute Gasteiger partial charge is 0.321 e. The third-order valence-corrected chi connectivity index (χ3v) is 5.87. The third-order valence-electron chi connectivity index (χ3n) is 4.49. The number of hydrogen-bond acceptors (Lipinski definition) is 5. The van der Waals surface area contributed by atoms with Crippen molar-refractivity contribution in [3.05, 3.63) is 58.1 Å². The van der Waals surface area contributed by atoms with Gasteiger partial charge in [-0.05, 0) is 49.6 Å². The molecule has 0 radical (unpaired) electrons. The first-order valence-corrected chi connectivity index (χ1v) is 10.2. The summed E-state index contributed by atoms with van der Waals surface area (Å²) in [5, 5.41) is 13.6. The number of benzene rings is 2. The number of hydrogen-bond donors (Lipinski definition) is 2. The summed E-state index contributed by atoms with van der Waals surface area (Å²) in [6.45, 7) is 3.08. The van der Waals surface area contributed by atoms with Gasteiger partial charge in [-0.2, -0.15) is 0 Å². The Morgan fingerprint density at radius 1 is 1.11 bits per heavy atom. The summed E-state index contributed by atoms with van der Waals surface area (Å²) in [6, 6.07) is 9.50. The normalized spacial score (nSPS) is 14.0. The second-order valence-corrected chi connectivity index (χ2v) is 8.19. The minimum absolute atomic E-state index is 0.0161. The van der Waals surface area contributed by atoms with Crippen molar-refractivity contribution in [3.63, 3.8) is 0 Å². The van der Waals surface area contributed by atoms with Crippen LogP contribution in [0, 0.1) is 17.0 Å². The van der Waals surface area contributed by atoms with Gasteiger partial charge in [0.05, 0.1) is 15.5 Å². The lowest BCUT2D eigenvalue weighted by molar-refractivity contribution is -0.384. The predicted molar refractivity (Wildman–Crippen MR) is 105 cm³/mol. The van der Waals surface area contributed by atoms with Gasteiger partial charge in [-0.25, -0.2) is 13.2 Å². The van der Waals surface area contributed by atoms with Gasteiger partial charge in [-0.1, -0.05) is 6.07 Å². The number of carbonyl (C=O) groups excluding carboxylic acids is 1. The molecular weight excluding hydrogens is 384 g/mol. The molecule has 2 amide bonds. The van der Waals surface area contributed by atoms with E-state index >= 15 is 0 Å². The minimum Gasteiger partial charge on any atom is -0.325 e. The number of nitrogens with zero attached hydrogens (tertiary/aromatic N) is 2. The monoisotopic (exact) mass is 404 g/mol. The summed E-state index contributed by atoms with van der Waals surface area (Å²) < 4.78 is 27.6. The molecular formula is C18H20N4O5S. The molecule has 0 atom stereocenters. The van der Waals surface area contributed by atoms with E-state index in [1.165, 1.54) is 42.5 Å². The summed E-state index contributed by atoms with van der Waals surface area (Å²) >= 11 is 0. The highest BCUT2D eigenvalue weighted by atomic mass is 32.2. The van der Waals surface area contributed by atoms with E-state index in [1.54, 1.807) is 11.8 Å². The quantitative estimate of drug-likeness (QED) is 0.585. The highest BCUT2D eigenvalue weighted by Gasteiger charge is 2.19. The standard InChI is InChI=1S/C18H20N4O5S/c1-13-4-7-15(22(24)25)12-17(13)20-28(26,27)16-8-5-14(6-9-16)19-18(23)21-10-2-3-11-21/h4-9,12,20H,2-3,10-11H2,1H3,(H,19,23). The second-order valence-electron chi connectivity index (χ2n) is 6.51. The van der Waals surface area contributed by atoms with Crippen LogP contribution in [0.5, 0.6) is 0 Å². The first-order chi connectivity index (χ1) is 13.3. The van der Waals surface area contributed by atoms with Crippen molar-refractivity contribution in [3.8, 4) is 0 Å². The van der Waals surface area contributed by atoms with Crippen molar-refractivity contribution in [1.29, 1.82) is 0 Å². The van der Waals surface area contributed by atoms with Crippen LogP contribution in [-0.4, -0.2) is 37.4 Å². The van der Waals surface area contributed by atoms with E-state index in [0.717, 1.165) is 12.8 Å². The molecule has 0 spiro atoms. The largest absolute Gasteiger partial charge is 0.325 e.